The number of nitrogens with zero attached hydrogens (tertiary/aromatic N) is 2. The Morgan fingerprint density at radius 1 is 1.41 bits per heavy atom. The molecule has 1 amide bonds. The summed E-state index contributed by atoms with van der Waals surface area (Å²) in [5.74, 6) is -0.471. The highest BCUT2D eigenvalue weighted by Crippen LogP contribution is 2.25. The molecule has 2 aromatic rings. The average Bonchev–Trinajstić information content (AvgIpc) is 2.60. The molecular weight excluding hydrogens is 282 g/mol. The highest BCUT2D eigenvalue weighted by molar-refractivity contribution is 9.10. The SMILES string of the molecule is Cc1cc(Br)ccc1-c1cc(C(N)=O)n(C)n1. The normalized spacial score (nSPS) is 10.5. The van der Waals surface area contributed by atoms with Gasteiger partial charge in [0.1, 0.15) is 5.69 Å². The summed E-state index contributed by atoms with van der Waals surface area (Å²) in [4.78, 5) is 11.2. The number of hydrogen-bond acceptors (Lipinski definition) is 2. The third kappa shape index (κ3) is 2.24. The molecule has 0 atom stereocenters. The topological polar surface area (TPSA) is 60.9 Å². The molecule has 0 aliphatic heterocycles. The molecule has 0 saturated heterocycles. The fourth-order valence-electron chi connectivity index (χ4n) is 1.74. The zero-order valence-electron chi connectivity index (χ0n) is 9.57. The van der Waals surface area contributed by atoms with Gasteiger partial charge in [-0.05, 0) is 30.7 Å². The Bertz CT molecular complexity index is 589. The molecule has 88 valence electrons. The predicted octanol–water partition coefficient (Wildman–Crippen LogP) is 2.26. The van der Waals surface area contributed by atoms with Crippen LogP contribution in [0.2, 0.25) is 0 Å². The quantitative estimate of drug-likeness (QED) is 0.923. The Hall–Kier alpha value is -1.62. The summed E-state index contributed by atoms with van der Waals surface area (Å²) < 4.78 is 2.52. The number of aryl methyl sites for hydroxylation is 2. The number of carbonyl (C=O) groups is 1. The molecule has 1 aromatic heterocycles. The molecule has 5 heteroatoms. The van der Waals surface area contributed by atoms with Gasteiger partial charge in [-0.3, -0.25) is 9.48 Å². The van der Waals surface area contributed by atoms with Gasteiger partial charge in [-0.1, -0.05) is 22.0 Å². The first-order valence-electron chi connectivity index (χ1n) is 5.09. The fourth-order valence-corrected chi connectivity index (χ4v) is 2.22. The number of carbonyl (C=O) groups excluding carboxylic acids is 1. The van der Waals surface area contributed by atoms with E-state index in [1.165, 1.54) is 4.68 Å². The maximum atomic E-state index is 11.2. The van der Waals surface area contributed by atoms with Crippen molar-refractivity contribution in [3.8, 4) is 11.3 Å². The highest BCUT2D eigenvalue weighted by Gasteiger charge is 2.12. The van der Waals surface area contributed by atoms with Gasteiger partial charge in [0, 0.05) is 17.1 Å². The first kappa shape index (κ1) is 11.9. The lowest BCUT2D eigenvalue weighted by Gasteiger charge is -2.02. The third-order valence-corrected chi connectivity index (χ3v) is 3.09. The lowest BCUT2D eigenvalue weighted by atomic mass is 10.1. The van der Waals surface area contributed by atoms with Crippen LogP contribution in [0, 0.1) is 6.92 Å². The second-order valence-electron chi connectivity index (χ2n) is 3.86. The minimum absolute atomic E-state index is 0.405. The van der Waals surface area contributed by atoms with Crippen molar-refractivity contribution in [2.24, 2.45) is 12.8 Å². The molecule has 1 heterocycles. The number of rotatable bonds is 2. The number of amides is 1. The summed E-state index contributed by atoms with van der Waals surface area (Å²) in [6.45, 7) is 2.00. The van der Waals surface area contributed by atoms with E-state index in [2.05, 4.69) is 21.0 Å². The van der Waals surface area contributed by atoms with Crippen molar-refractivity contribution in [1.29, 1.82) is 0 Å². The summed E-state index contributed by atoms with van der Waals surface area (Å²) in [7, 11) is 1.71. The van der Waals surface area contributed by atoms with E-state index >= 15 is 0 Å². The maximum absolute atomic E-state index is 11.2. The van der Waals surface area contributed by atoms with E-state index in [9.17, 15) is 4.79 Å². The van der Waals surface area contributed by atoms with Crippen molar-refractivity contribution >= 4 is 21.8 Å². The molecule has 0 unspecified atom stereocenters. The van der Waals surface area contributed by atoms with Crippen LogP contribution >= 0.6 is 15.9 Å². The standard InChI is InChI=1S/C12H12BrN3O/c1-7-5-8(13)3-4-9(7)10-6-11(12(14)17)16(2)15-10/h3-6H,1-2H3,(H2,14,17). The molecule has 0 fully saturated rings. The van der Waals surface area contributed by atoms with Gasteiger partial charge in [0.15, 0.2) is 0 Å². The van der Waals surface area contributed by atoms with E-state index in [0.29, 0.717) is 5.69 Å². The minimum atomic E-state index is -0.471. The molecule has 1 aromatic carbocycles. The Balaban J connectivity index is 2.53. The van der Waals surface area contributed by atoms with E-state index in [0.717, 1.165) is 21.3 Å². The van der Waals surface area contributed by atoms with E-state index in [4.69, 9.17) is 5.73 Å². The van der Waals surface area contributed by atoms with Crippen molar-refractivity contribution in [2.45, 2.75) is 6.92 Å². The van der Waals surface area contributed by atoms with Gasteiger partial charge in [-0.15, -0.1) is 0 Å². The van der Waals surface area contributed by atoms with Crippen molar-refractivity contribution in [3.63, 3.8) is 0 Å². The van der Waals surface area contributed by atoms with Crippen LogP contribution in [0.15, 0.2) is 28.7 Å². The first-order chi connectivity index (χ1) is 7.99. The fraction of sp³-hybridized carbons (Fsp3) is 0.167. The van der Waals surface area contributed by atoms with Crippen LogP contribution in [0.25, 0.3) is 11.3 Å². The van der Waals surface area contributed by atoms with Crippen LogP contribution < -0.4 is 5.73 Å². The predicted molar refractivity (Wildman–Crippen MR) is 69.6 cm³/mol. The molecule has 0 bridgehead atoms. The number of hydrogen-bond donors (Lipinski definition) is 1. The summed E-state index contributed by atoms with van der Waals surface area (Å²) in [5, 5.41) is 4.29. The van der Waals surface area contributed by atoms with Gasteiger partial charge < -0.3 is 5.73 Å². The van der Waals surface area contributed by atoms with Crippen molar-refractivity contribution in [2.75, 3.05) is 0 Å². The molecule has 2 rings (SSSR count). The van der Waals surface area contributed by atoms with Gasteiger partial charge in [-0.2, -0.15) is 5.10 Å². The van der Waals surface area contributed by atoms with Gasteiger partial charge in [0.2, 0.25) is 0 Å². The van der Waals surface area contributed by atoms with E-state index in [-0.39, 0.29) is 0 Å². The largest absolute Gasteiger partial charge is 0.364 e. The molecule has 0 aliphatic rings. The van der Waals surface area contributed by atoms with Gasteiger partial charge in [0.25, 0.3) is 5.91 Å². The molecule has 0 radical (unpaired) electrons. The minimum Gasteiger partial charge on any atom is -0.364 e. The van der Waals surface area contributed by atoms with Crippen LogP contribution in [0.5, 0.6) is 0 Å². The molecular formula is C12H12BrN3O. The van der Waals surface area contributed by atoms with Crippen LogP contribution in [-0.2, 0) is 7.05 Å². The van der Waals surface area contributed by atoms with Gasteiger partial charge in [0.05, 0.1) is 5.69 Å². The molecule has 0 spiro atoms. The van der Waals surface area contributed by atoms with Crippen LogP contribution in [-0.4, -0.2) is 15.7 Å². The van der Waals surface area contributed by atoms with Crippen LogP contribution in [0.1, 0.15) is 16.1 Å². The van der Waals surface area contributed by atoms with E-state index in [1.807, 2.05) is 25.1 Å². The lowest BCUT2D eigenvalue weighted by molar-refractivity contribution is 0.0991. The van der Waals surface area contributed by atoms with E-state index < -0.39 is 5.91 Å². The van der Waals surface area contributed by atoms with Crippen molar-refractivity contribution in [1.82, 2.24) is 9.78 Å². The Labute approximate surface area is 108 Å². The highest BCUT2D eigenvalue weighted by atomic mass is 79.9. The summed E-state index contributed by atoms with van der Waals surface area (Å²) in [6, 6.07) is 7.63. The van der Waals surface area contributed by atoms with Gasteiger partial charge in [-0.25, -0.2) is 0 Å². The molecule has 0 aliphatic carbocycles. The second kappa shape index (κ2) is 4.33. The lowest BCUT2D eigenvalue weighted by Crippen LogP contribution is -2.15. The van der Waals surface area contributed by atoms with Crippen molar-refractivity contribution in [3.05, 3.63) is 40.0 Å². The first-order valence-corrected chi connectivity index (χ1v) is 5.88. The number of aromatic nitrogens is 2. The maximum Gasteiger partial charge on any atom is 0.266 e. The Morgan fingerprint density at radius 2 is 2.12 bits per heavy atom. The zero-order valence-corrected chi connectivity index (χ0v) is 11.2. The van der Waals surface area contributed by atoms with Crippen LogP contribution in [0.3, 0.4) is 0 Å². The Kier molecular flexibility index (Phi) is 3.02. The number of primary amides is 1. The summed E-state index contributed by atoms with van der Waals surface area (Å²) in [6.07, 6.45) is 0. The van der Waals surface area contributed by atoms with Gasteiger partial charge >= 0.3 is 0 Å². The molecule has 4 nitrogen and oxygen atoms in total. The third-order valence-electron chi connectivity index (χ3n) is 2.60. The van der Waals surface area contributed by atoms with Crippen LogP contribution in [0.4, 0.5) is 0 Å². The number of nitrogens with two attached hydrogens (primary N) is 1. The van der Waals surface area contributed by atoms with E-state index in [1.54, 1.807) is 13.1 Å². The average molecular weight is 294 g/mol. The summed E-state index contributed by atoms with van der Waals surface area (Å²) in [5.41, 5.74) is 8.51. The zero-order chi connectivity index (χ0) is 12.6. The summed E-state index contributed by atoms with van der Waals surface area (Å²) >= 11 is 3.41. The molecule has 17 heavy (non-hydrogen) atoms. The number of halogens is 1. The Morgan fingerprint density at radius 3 is 2.65 bits per heavy atom. The number of benzene rings is 1. The second-order valence-corrected chi connectivity index (χ2v) is 4.78. The molecule has 0 saturated carbocycles. The molecule has 2 N–H and O–H groups in total. The van der Waals surface area contributed by atoms with Crippen molar-refractivity contribution < 1.29 is 4.79 Å². The smallest absolute Gasteiger partial charge is 0.266 e. The monoisotopic (exact) mass is 293 g/mol.